The van der Waals surface area contributed by atoms with E-state index in [1.54, 1.807) is 7.11 Å². The molecule has 0 saturated carbocycles. The van der Waals surface area contributed by atoms with Crippen molar-refractivity contribution in [2.75, 3.05) is 20.2 Å². The van der Waals surface area contributed by atoms with Gasteiger partial charge in [0.05, 0.1) is 7.11 Å². The molecule has 1 aromatic rings. The lowest BCUT2D eigenvalue weighted by Gasteiger charge is -2.24. The maximum Gasteiger partial charge on any atom is 0.124 e. The second kappa shape index (κ2) is 5.54. The molecule has 2 heteroatoms. The van der Waals surface area contributed by atoms with Gasteiger partial charge in [0.25, 0.3) is 0 Å². The standard InChI is InChI=1S/C15H23NO/c1-11-4-5-14(12(2)15(11)17-3)10-13-6-8-16-9-7-13/h4-5,13,16H,6-10H2,1-3H3. The summed E-state index contributed by atoms with van der Waals surface area (Å²) in [6.45, 7) is 6.64. The molecule has 1 N–H and O–H groups in total. The summed E-state index contributed by atoms with van der Waals surface area (Å²) in [7, 11) is 1.77. The largest absolute Gasteiger partial charge is 0.496 e. The van der Waals surface area contributed by atoms with Gasteiger partial charge in [0, 0.05) is 0 Å². The van der Waals surface area contributed by atoms with E-state index in [0.717, 1.165) is 11.7 Å². The van der Waals surface area contributed by atoms with Gasteiger partial charge in [-0.2, -0.15) is 0 Å². The van der Waals surface area contributed by atoms with Gasteiger partial charge in [-0.15, -0.1) is 0 Å². The van der Waals surface area contributed by atoms with E-state index in [4.69, 9.17) is 4.74 Å². The van der Waals surface area contributed by atoms with E-state index in [-0.39, 0.29) is 0 Å². The molecule has 1 aromatic carbocycles. The zero-order valence-corrected chi connectivity index (χ0v) is 11.2. The van der Waals surface area contributed by atoms with Crippen LogP contribution >= 0.6 is 0 Å². The van der Waals surface area contributed by atoms with Crippen LogP contribution in [0.15, 0.2) is 12.1 Å². The third-order valence-corrected chi connectivity index (χ3v) is 3.89. The molecule has 1 aliphatic rings. The van der Waals surface area contributed by atoms with Gasteiger partial charge in [0.15, 0.2) is 0 Å². The zero-order valence-electron chi connectivity index (χ0n) is 11.2. The van der Waals surface area contributed by atoms with Crippen LogP contribution in [0.3, 0.4) is 0 Å². The van der Waals surface area contributed by atoms with Crippen LogP contribution in [0.1, 0.15) is 29.5 Å². The Labute approximate surface area is 104 Å². The number of methoxy groups -OCH3 is 1. The molecule has 17 heavy (non-hydrogen) atoms. The molecule has 0 bridgehead atoms. The second-order valence-corrected chi connectivity index (χ2v) is 5.10. The molecule has 0 atom stereocenters. The van der Waals surface area contributed by atoms with E-state index in [2.05, 4.69) is 31.3 Å². The molecule has 1 heterocycles. The summed E-state index contributed by atoms with van der Waals surface area (Å²) in [5, 5.41) is 3.42. The number of piperidine rings is 1. The lowest BCUT2D eigenvalue weighted by atomic mass is 9.88. The van der Waals surface area contributed by atoms with Crippen molar-refractivity contribution in [3.05, 3.63) is 28.8 Å². The third-order valence-electron chi connectivity index (χ3n) is 3.89. The Hall–Kier alpha value is -1.02. The lowest BCUT2D eigenvalue weighted by molar-refractivity contribution is 0.370. The summed E-state index contributed by atoms with van der Waals surface area (Å²) in [4.78, 5) is 0. The fourth-order valence-electron chi connectivity index (χ4n) is 2.80. The average Bonchev–Trinajstić information content (AvgIpc) is 2.35. The summed E-state index contributed by atoms with van der Waals surface area (Å²) in [6.07, 6.45) is 3.80. The summed E-state index contributed by atoms with van der Waals surface area (Å²) in [6, 6.07) is 4.46. The van der Waals surface area contributed by atoms with Crippen LogP contribution in [0.5, 0.6) is 5.75 Å². The van der Waals surface area contributed by atoms with Crippen molar-refractivity contribution in [3.63, 3.8) is 0 Å². The van der Waals surface area contributed by atoms with E-state index >= 15 is 0 Å². The van der Waals surface area contributed by atoms with Gasteiger partial charge in [-0.1, -0.05) is 12.1 Å². The van der Waals surface area contributed by atoms with Gasteiger partial charge in [-0.3, -0.25) is 0 Å². The first-order valence-electron chi connectivity index (χ1n) is 6.56. The van der Waals surface area contributed by atoms with Crippen molar-refractivity contribution in [3.8, 4) is 5.75 Å². The van der Waals surface area contributed by atoms with Gasteiger partial charge < -0.3 is 10.1 Å². The van der Waals surface area contributed by atoms with E-state index in [0.29, 0.717) is 0 Å². The Morgan fingerprint density at radius 2 is 1.94 bits per heavy atom. The van der Waals surface area contributed by atoms with E-state index < -0.39 is 0 Å². The van der Waals surface area contributed by atoms with E-state index in [1.165, 1.54) is 49.0 Å². The van der Waals surface area contributed by atoms with Crippen LogP contribution in [0.4, 0.5) is 0 Å². The minimum atomic E-state index is 0.836. The third kappa shape index (κ3) is 2.81. The van der Waals surface area contributed by atoms with Gasteiger partial charge in [0.1, 0.15) is 5.75 Å². The fraction of sp³-hybridized carbons (Fsp3) is 0.600. The van der Waals surface area contributed by atoms with E-state index in [9.17, 15) is 0 Å². The highest BCUT2D eigenvalue weighted by atomic mass is 16.5. The number of rotatable bonds is 3. The number of hydrogen-bond acceptors (Lipinski definition) is 2. The lowest BCUT2D eigenvalue weighted by Crippen LogP contribution is -2.28. The number of hydrogen-bond donors (Lipinski definition) is 1. The molecule has 2 nitrogen and oxygen atoms in total. The first-order valence-corrected chi connectivity index (χ1v) is 6.56. The Bertz CT molecular complexity index is 381. The van der Waals surface area contributed by atoms with Crippen molar-refractivity contribution in [1.82, 2.24) is 5.32 Å². The molecular formula is C15H23NO. The maximum absolute atomic E-state index is 5.49. The number of aryl methyl sites for hydroxylation is 1. The molecule has 0 aromatic heterocycles. The Balaban J connectivity index is 2.15. The smallest absolute Gasteiger partial charge is 0.124 e. The first kappa shape index (κ1) is 12.4. The minimum absolute atomic E-state index is 0.836. The van der Waals surface area contributed by atoms with Crippen molar-refractivity contribution >= 4 is 0 Å². The molecule has 1 saturated heterocycles. The van der Waals surface area contributed by atoms with Crippen LogP contribution < -0.4 is 10.1 Å². The summed E-state index contributed by atoms with van der Waals surface area (Å²) >= 11 is 0. The van der Waals surface area contributed by atoms with Crippen LogP contribution in [-0.2, 0) is 6.42 Å². The van der Waals surface area contributed by atoms with Gasteiger partial charge >= 0.3 is 0 Å². The monoisotopic (exact) mass is 233 g/mol. The highest BCUT2D eigenvalue weighted by molar-refractivity contribution is 5.45. The Morgan fingerprint density at radius 3 is 2.59 bits per heavy atom. The van der Waals surface area contributed by atoms with Crippen molar-refractivity contribution in [2.45, 2.75) is 33.1 Å². The van der Waals surface area contributed by atoms with Crippen LogP contribution in [0.2, 0.25) is 0 Å². The number of ether oxygens (including phenoxy) is 1. The number of nitrogens with one attached hydrogen (secondary N) is 1. The molecular weight excluding hydrogens is 210 g/mol. The molecule has 2 rings (SSSR count). The highest BCUT2D eigenvalue weighted by Gasteiger charge is 2.16. The minimum Gasteiger partial charge on any atom is -0.496 e. The molecule has 0 spiro atoms. The van der Waals surface area contributed by atoms with Crippen molar-refractivity contribution in [2.24, 2.45) is 5.92 Å². The zero-order chi connectivity index (χ0) is 12.3. The van der Waals surface area contributed by atoms with E-state index in [1.807, 2.05) is 0 Å². The molecule has 0 amide bonds. The SMILES string of the molecule is COc1c(C)ccc(CC2CCNCC2)c1C. The first-order chi connectivity index (χ1) is 8.22. The van der Waals surface area contributed by atoms with Crippen LogP contribution in [0, 0.1) is 19.8 Å². The maximum atomic E-state index is 5.49. The van der Waals surface area contributed by atoms with Crippen LogP contribution in [0.25, 0.3) is 0 Å². The molecule has 1 aliphatic heterocycles. The van der Waals surface area contributed by atoms with Gasteiger partial charge in [-0.25, -0.2) is 0 Å². The Morgan fingerprint density at radius 1 is 1.24 bits per heavy atom. The average molecular weight is 233 g/mol. The molecule has 0 unspecified atom stereocenters. The predicted octanol–water partition coefficient (Wildman–Crippen LogP) is 2.85. The molecule has 1 fully saturated rings. The number of benzene rings is 1. The summed E-state index contributed by atoms with van der Waals surface area (Å²) in [5.41, 5.74) is 4.02. The van der Waals surface area contributed by atoms with Crippen LogP contribution in [-0.4, -0.2) is 20.2 Å². The van der Waals surface area contributed by atoms with Gasteiger partial charge in [-0.05, 0) is 68.8 Å². The summed E-state index contributed by atoms with van der Waals surface area (Å²) in [5.74, 6) is 1.90. The van der Waals surface area contributed by atoms with Gasteiger partial charge in [0.2, 0.25) is 0 Å². The molecule has 0 radical (unpaired) electrons. The molecule has 94 valence electrons. The predicted molar refractivity (Wildman–Crippen MR) is 71.8 cm³/mol. The van der Waals surface area contributed by atoms with Crippen molar-refractivity contribution < 1.29 is 4.74 Å². The summed E-state index contributed by atoms with van der Waals surface area (Å²) < 4.78 is 5.49. The fourth-order valence-corrected chi connectivity index (χ4v) is 2.80. The van der Waals surface area contributed by atoms with Crippen molar-refractivity contribution in [1.29, 1.82) is 0 Å². The highest BCUT2D eigenvalue weighted by Crippen LogP contribution is 2.28. The second-order valence-electron chi connectivity index (χ2n) is 5.10. The quantitative estimate of drug-likeness (QED) is 0.867. The Kier molecular flexibility index (Phi) is 4.06. The molecule has 0 aliphatic carbocycles. The topological polar surface area (TPSA) is 21.3 Å². The normalized spacial score (nSPS) is 17.1.